The van der Waals surface area contributed by atoms with Gasteiger partial charge in [0.05, 0.1) is 12.2 Å². The fourth-order valence-corrected chi connectivity index (χ4v) is 3.15. The van der Waals surface area contributed by atoms with Crippen molar-refractivity contribution < 1.29 is 14.4 Å². The minimum atomic E-state index is -1.08. The van der Waals surface area contributed by atoms with E-state index in [4.69, 9.17) is 21.2 Å². The SMILES string of the molecule is O=C(O)c1cn(C2CCN(c3nc(-c4cccc(Cl)c4)no3)CC2)nn1. The number of benzene rings is 1. The molecule has 3 heterocycles. The van der Waals surface area contributed by atoms with Crippen molar-refractivity contribution in [1.82, 2.24) is 25.1 Å². The second-order valence-electron chi connectivity index (χ2n) is 6.02. The third-order valence-corrected chi connectivity index (χ3v) is 4.57. The van der Waals surface area contributed by atoms with Crippen LogP contribution < -0.4 is 4.90 Å². The molecule has 1 fully saturated rings. The lowest BCUT2D eigenvalue weighted by Gasteiger charge is -2.30. The van der Waals surface area contributed by atoms with E-state index in [0.717, 1.165) is 18.4 Å². The zero-order valence-corrected chi connectivity index (χ0v) is 14.4. The second kappa shape index (κ2) is 6.75. The fraction of sp³-hybridized carbons (Fsp3) is 0.312. The molecule has 0 unspecified atom stereocenters. The van der Waals surface area contributed by atoms with E-state index in [0.29, 0.717) is 30.0 Å². The van der Waals surface area contributed by atoms with Crippen LogP contribution in [0.1, 0.15) is 29.4 Å². The van der Waals surface area contributed by atoms with Crippen LogP contribution in [0.15, 0.2) is 35.0 Å². The lowest BCUT2D eigenvalue weighted by Crippen LogP contribution is -2.35. The van der Waals surface area contributed by atoms with E-state index in [1.165, 1.54) is 6.20 Å². The van der Waals surface area contributed by atoms with Gasteiger partial charge in [-0.05, 0) is 25.0 Å². The minimum Gasteiger partial charge on any atom is -0.476 e. The predicted molar refractivity (Wildman–Crippen MR) is 92.2 cm³/mol. The number of piperidine rings is 1. The molecule has 4 rings (SSSR count). The van der Waals surface area contributed by atoms with Crippen molar-refractivity contribution in [1.29, 1.82) is 0 Å². The molecular formula is C16H15ClN6O3. The van der Waals surface area contributed by atoms with Crippen molar-refractivity contribution in [3.8, 4) is 11.4 Å². The van der Waals surface area contributed by atoms with Gasteiger partial charge in [0.2, 0.25) is 5.82 Å². The largest absolute Gasteiger partial charge is 0.476 e. The number of carboxylic acid groups (broad SMARTS) is 1. The summed E-state index contributed by atoms with van der Waals surface area (Å²) < 4.78 is 7.00. The molecule has 1 N–H and O–H groups in total. The molecule has 1 saturated heterocycles. The summed E-state index contributed by atoms with van der Waals surface area (Å²) in [6.07, 6.45) is 3.02. The average molecular weight is 375 g/mol. The van der Waals surface area contributed by atoms with Crippen LogP contribution in [0.4, 0.5) is 6.01 Å². The lowest BCUT2D eigenvalue weighted by atomic mass is 10.1. The molecular weight excluding hydrogens is 360 g/mol. The Morgan fingerprint density at radius 3 is 2.81 bits per heavy atom. The van der Waals surface area contributed by atoms with Crippen LogP contribution in [0.3, 0.4) is 0 Å². The molecule has 0 radical (unpaired) electrons. The Kier molecular flexibility index (Phi) is 4.29. The molecule has 3 aromatic rings. The van der Waals surface area contributed by atoms with E-state index in [1.54, 1.807) is 16.8 Å². The number of carboxylic acids is 1. The van der Waals surface area contributed by atoms with Gasteiger partial charge in [0.1, 0.15) is 0 Å². The number of halogens is 1. The number of aromatic carboxylic acids is 1. The number of anilines is 1. The van der Waals surface area contributed by atoms with Gasteiger partial charge in [0, 0.05) is 23.7 Å². The summed E-state index contributed by atoms with van der Waals surface area (Å²) in [7, 11) is 0. The quantitative estimate of drug-likeness (QED) is 0.741. The average Bonchev–Trinajstić information content (AvgIpc) is 3.32. The minimum absolute atomic E-state index is 0.0458. The summed E-state index contributed by atoms with van der Waals surface area (Å²) in [6, 6.07) is 7.84. The Balaban J connectivity index is 1.42. The van der Waals surface area contributed by atoms with Gasteiger partial charge in [-0.3, -0.25) is 0 Å². The van der Waals surface area contributed by atoms with E-state index in [9.17, 15) is 4.79 Å². The molecule has 1 aromatic carbocycles. The molecule has 10 heteroatoms. The summed E-state index contributed by atoms with van der Waals surface area (Å²) in [4.78, 5) is 17.4. The number of rotatable bonds is 4. The van der Waals surface area contributed by atoms with Crippen molar-refractivity contribution in [2.75, 3.05) is 18.0 Å². The maximum atomic E-state index is 10.9. The van der Waals surface area contributed by atoms with Gasteiger partial charge in [-0.15, -0.1) is 5.10 Å². The zero-order chi connectivity index (χ0) is 18.1. The highest BCUT2D eigenvalue weighted by Crippen LogP contribution is 2.27. The first kappa shape index (κ1) is 16.5. The normalized spacial score (nSPS) is 15.3. The predicted octanol–water partition coefficient (Wildman–Crippen LogP) is 2.52. The van der Waals surface area contributed by atoms with Crippen LogP contribution in [-0.2, 0) is 0 Å². The van der Waals surface area contributed by atoms with E-state index in [-0.39, 0.29) is 11.7 Å². The summed E-state index contributed by atoms with van der Waals surface area (Å²) >= 11 is 6.00. The van der Waals surface area contributed by atoms with Crippen molar-refractivity contribution >= 4 is 23.6 Å². The van der Waals surface area contributed by atoms with E-state index in [1.807, 2.05) is 17.0 Å². The second-order valence-corrected chi connectivity index (χ2v) is 6.45. The van der Waals surface area contributed by atoms with Crippen LogP contribution in [0, 0.1) is 0 Å². The molecule has 0 aliphatic carbocycles. The van der Waals surface area contributed by atoms with Gasteiger partial charge >= 0.3 is 12.0 Å². The monoisotopic (exact) mass is 374 g/mol. The number of carbonyl (C=O) groups is 1. The Bertz CT molecular complexity index is 931. The molecule has 2 aromatic heterocycles. The smallest absolute Gasteiger partial charge is 0.358 e. The van der Waals surface area contributed by atoms with Crippen LogP contribution in [0.5, 0.6) is 0 Å². The molecule has 0 amide bonds. The van der Waals surface area contributed by atoms with E-state index in [2.05, 4.69) is 20.5 Å². The third kappa shape index (κ3) is 3.25. The Hall–Kier alpha value is -2.94. The van der Waals surface area contributed by atoms with Crippen LogP contribution in [0.25, 0.3) is 11.4 Å². The van der Waals surface area contributed by atoms with Crippen LogP contribution >= 0.6 is 11.6 Å². The molecule has 0 saturated carbocycles. The highest BCUT2D eigenvalue weighted by atomic mass is 35.5. The van der Waals surface area contributed by atoms with E-state index >= 15 is 0 Å². The van der Waals surface area contributed by atoms with Gasteiger partial charge in [-0.25, -0.2) is 9.48 Å². The third-order valence-electron chi connectivity index (χ3n) is 4.34. The highest BCUT2D eigenvalue weighted by molar-refractivity contribution is 6.30. The molecule has 0 atom stereocenters. The Labute approximate surface area is 153 Å². The summed E-state index contributed by atoms with van der Waals surface area (Å²) in [5.41, 5.74) is 0.752. The molecule has 1 aliphatic heterocycles. The maximum Gasteiger partial charge on any atom is 0.358 e. The van der Waals surface area contributed by atoms with Crippen molar-refractivity contribution in [2.24, 2.45) is 0 Å². The molecule has 26 heavy (non-hydrogen) atoms. The lowest BCUT2D eigenvalue weighted by molar-refractivity contribution is 0.0690. The Morgan fingerprint density at radius 1 is 1.31 bits per heavy atom. The number of hydrogen-bond donors (Lipinski definition) is 1. The number of aromatic nitrogens is 5. The topological polar surface area (TPSA) is 110 Å². The highest BCUT2D eigenvalue weighted by Gasteiger charge is 2.25. The fourth-order valence-electron chi connectivity index (χ4n) is 2.96. The van der Waals surface area contributed by atoms with Crippen LogP contribution in [-0.4, -0.2) is 49.3 Å². The van der Waals surface area contributed by atoms with Gasteiger partial charge < -0.3 is 14.5 Å². The van der Waals surface area contributed by atoms with Gasteiger partial charge in [-0.1, -0.05) is 34.1 Å². The van der Waals surface area contributed by atoms with E-state index < -0.39 is 5.97 Å². The van der Waals surface area contributed by atoms with Gasteiger partial charge in [0.25, 0.3) is 0 Å². The molecule has 9 nitrogen and oxygen atoms in total. The van der Waals surface area contributed by atoms with Crippen molar-refractivity contribution in [2.45, 2.75) is 18.9 Å². The molecule has 0 spiro atoms. The zero-order valence-electron chi connectivity index (χ0n) is 13.6. The maximum absolute atomic E-state index is 10.9. The molecule has 134 valence electrons. The van der Waals surface area contributed by atoms with Crippen molar-refractivity contribution in [3.63, 3.8) is 0 Å². The van der Waals surface area contributed by atoms with Gasteiger partial charge in [0.15, 0.2) is 5.69 Å². The summed E-state index contributed by atoms with van der Waals surface area (Å²) in [5, 5.41) is 21.2. The summed E-state index contributed by atoms with van der Waals surface area (Å²) in [5.74, 6) is -0.583. The summed E-state index contributed by atoms with van der Waals surface area (Å²) in [6.45, 7) is 1.40. The first-order valence-electron chi connectivity index (χ1n) is 8.10. The first-order chi connectivity index (χ1) is 12.6. The van der Waals surface area contributed by atoms with Crippen LogP contribution in [0.2, 0.25) is 5.02 Å². The van der Waals surface area contributed by atoms with Gasteiger partial charge in [-0.2, -0.15) is 4.98 Å². The number of hydrogen-bond acceptors (Lipinski definition) is 7. The molecule has 0 bridgehead atoms. The molecule has 1 aliphatic rings. The number of nitrogens with zero attached hydrogens (tertiary/aromatic N) is 6. The first-order valence-corrected chi connectivity index (χ1v) is 8.47. The Morgan fingerprint density at radius 2 is 2.12 bits per heavy atom. The van der Waals surface area contributed by atoms with Crippen molar-refractivity contribution in [3.05, 3.63) is 41.2 Å². The standard InChI is InChI=1S/C16H15ClN6O3/c17-11-3-1-2-10(8-11)14-18-16(26-20-14)22-6-4-12(5-7-22)23-9-13(15(24)25)19-21-23/h1-3,8-9,12H,4-7H2,(H,24,25).